The Morgan fingerprint density at radius 2 is 1.66 bits per heavy atom. The molecule has 5 nitrogen and oxygen atoms in total. The third kappa shape index (κ3) is 6.46. The fourth-order valence-corrected chi connectivity index (χ4v) is 3.72. The highest BCUT2D eigenvalue weighted by molar-refractivity contribution is 7.98. The number of nitrogens with one attached hydrogen (secondary N) is 1. The summed E-state index contributed by atoms with van der Waals surface area (Å²) >= 11 is 1.57. The number of ketones is 1. The number of thioether (sulfide) groups is 1. The molecule has 0 radical (unpaired) electrons. The average molecular weight is 414 g/mol. The van der Waals surface area contributed by atoms with Gasteiger partial charge in [0.2, 0.25) is 5.78 Å². The lowest BCUT2D eigenvalue weighted by Gasteiger charge is -2.18. The number of amides is 1. The molecule has 1 amide bonds. The topological polar surface area (TPSA) is 72.5 Å². The van der Waals surface area contributed by atoms with Crippen LogP contribution in [0.25, 0.3) is 0 Å². The number of rotatable bonds is 9. The van der Waals surface area contributed by atoms with Crippen LogP contribution in [0.15, 0.2) is 42.5 Å². The van der Waals surface area contributed by atoms with Crippen molar-refractivity contribution in [1.29, 1.82) is 0 Å². The molecule has 29 heavy (non-hydrogen) atoms. The van der Waals surface area contributed by atoms with Crippen LogP contribution < -0.4 is 5.32 Å². The summed E-state index contributed by atoms with van der Waals surface area (Å²) in [5, 5.41) is 2.72. The molecule has 2 aromatic carbocycles. The second-order valence-electron chi connectivity index (χ2n) is 6.98. The Labute approximate surface area is 176 Å². The van der Waals surface area contributed by atoms with Gasteiger partial charge in [0.25, 0.3) is 5.91 Å². The van der Waals surface area contributed by atoms with Crippen LogP contribution in [0.5, 0.6) is 0 Å². The van der Waals surface area contributed by atoms with Crippen LogP contribution in [-0.2, 0) is 9.53 Å². The first-order valence-corrected chi connectivity index (χ1v) is 10.9. The summed E-state index contributed by atoms with van der Waals surface area (Å²) in [6.45, 7) is 5.37. The second kappa shape index (κ2) is 10.8. The molecular formula is C23H27NO4S. The number of esters is 1. The van der Waals surface area contributed by atoms with E-state index in [4.69, 9.17) is 4.74 Å². The Bertz CT molecular complexity index is 857. The summed E-state index contributed by atoms with van der Waals surface area (Å²) in [5.41, 5.74) is 3.85. The highest BCUT2D eigenvalue weighted by Gasteiger charge is 2.24. The molecule has 1 atom stereocenters. The van der Waals surface area contributed by atoms with E-state index in [2.05, 4.69) is 5.32 Å². The van der Waals surface area contributed by atoms with Gasteiger partial charge in [0.1, 0.15) is 6.04 Å². The van der Waals surface area contributed by atoms with E-state index >= 15 is 0 Å². The van der Waals surface area contributed by atoms with Crippen molar-refractivity contribution < 1.29 is 19.1 Å². The number of benzene rings is 2. The summed E-state index contributed by atoms with van der Waals surface area (Å²) in [7, 11) is 0. The molecule has 0 aliphatic heterocycles. The molecule has 2 aromatic rings. The lowest BCUT2D eigenvalue weighted by atomic mass is 9.97. The number of Topliss-reactive ketones (excluding diaryl/α,β-unsaturated/α-hetero) is 1. The van der Waals surface area contributed by atoms with Gasteiger partial charge in [-0.2, -0.15) is 11.8 Å². The zero-order valence-corrected chi connectivity index (χ0v) is 18.1. The van der Waals surface area contributed by atoms with Crippen molar-refractivity contribution in [1.82, 2.24) is 5.32 Å². The monoisotopic (exact) mass is 413 g/mol. The van der Waals surface area contributed by atoms with Gasteiger partial charge in [-0.1, -0.05) is 35.9 Å². The predicted octanol–water partition coefficient (Wildman–Crippen LogP) is 3.89. The molecule has 0 aliphatic rings. The maximum Gasteiger partial charge on any atom is 0.329 e. The van der Waals surface area contributed by atoms with Crippen LogP contribution in [0.1, 0.15) is 43.8 Å². The van der Waals surface area contributed by atoms with Crippen LogP contribution in [0.4, 0.5) is 0 Å². The van der Waals surface area contributed by atoms with Crippen molar-refractivity contribution in [3.8, 4) is 0 Å². The molecule has 0 saturated carbocycles. The summed E-state index contributed by atoms with van der Waals surface area (Å²) in [6.07, 6.45) is 2.35. The van der Waals surface area contributed by atoms with Crippen molar-refractivity contribution in [2.45, 2.75) is 33.2 Å². The minimum Gasteiger partial charge on any atom is -0.456 e. The lowest BCUT2D eigenvalue weighted by Crippen LogP contribution is -2.42. The average Bonchev–Trinajstić information content (AvgIpc) is 2.69. The molecule has 1 N–H and O–H groups in total. The summed E-state index contributed by atoms with van der Waals surface area (Å²) in [5.74, 6) is -0.505. The molecule has 6 heteroatoms. The Kier molecular flexibility index (Phi) is 8.46. The van der Waals surface area contributed by atoms with E-state index in [-0.39, 0.29) is 18.3 Å². The van der Waals surface area contributed by atoms with Gasteiger partial charge >= 0.3 is 5.97 Å². The molecule has 0 spiro atoms. The van der Waals surface area contributed by atoms with Gasteiger partial charge in [-0.15, -0.1) is 0 Å². The maximum atomic E-state index is 12.6. The first-order chi connectivity index (χ1) is 13.8. The zero-order valence-electron chi connectivity index (χ0n) is 17.3. The molecule has 1 unspecified atom stereocenters. The molecule has 0 fully saturated rings. The van der Waals surface area contributed by atoms with Gasteiger partial charge in [-0.3, -0.25) is 9.59 Å². The van der Waals surface area contributed by atoms with Crippen LogP contribution in [0.3, 0.4) is 0 Å². The molecule has 154 valence electrons. The number of carbonyl (C=O) groups is 3. The number of hydrogen-bond acceptors (Lipinski definition) is 5. The number of hydrogen-bond donors (Lipinski definition) is 1. The Morgan fingerprint density at radius 1 is 1.03 bits per heavy atom. The van der Waals surface area contributed by atoms with Crippen LogP contribution in [0, 0.1) is 20.8 Å². The van der Waals surface area contributed by atoms with Crippen molar-refractivity contribution in [3.63, 3.8) is 0 Å². The second-order valence-corrected chi connectivity index (χ2v) is 7.96. The van der Waals surface area contributed by atoms with Crippen LogP contribution in [-0.4, -0.2) is 42.3 Å². The van der Waals surface area contributed by atoms with Gasteiger partial charge in [-0.05, 0) is 62.5 Å². The minimum atomic E-state index is -0.803. The molecule has 2 rings (SSSR count). The third-order valence-electron chi connectivity index (χ3n) is 4.54. The first-order valence-electron chi connectivity index (χ1n) is 9.46. The van der Waals surface area contributed by atoms with Crippen LogP contribution >= 0.6 is 11.8 Å². The first kappa shape index (κ1) is 22.7. The van der Waals surface area contributed by atoms with Crippen molar-refractivity contribution in [2.75, 3.05) is 18.6 Å². The third-order valence-corrected chi connectivity index (χ3v) is 5.18. The van der Waals surface area contributed by atoms with E-state index in [1.165, 1.54) is 0 Å². The minimum absolute atomic E-state index is 0.244. The van der Waals surface area contributed by atoms with Gasteiger partial charge < -0.3 is 10.1 Å². The van der Waals surface area contributed by atoms with Gasteiger partial charge in [-0.25, -0.2) is 4.79 Å². The number of aryl methyl sites for hydroxylation is 3. The summed E-state index contributed by atoms with van der Waals surface area (Å²) in [4.78, 5) is 37.6. The van der Waals surface area contributed by atoms with E-state index < -0.39 is 12.0 Å². The molecule has 0 aliphatic carbocycles. The fraction of sp³-hybridized carbons (Fsp3) is 0.348. The quantitative estimate of drug-likeness (QED) is 0.499. The molecular weight excluding hydrogens is 386 g/mol. The van der Waals surface area contributed by atoms with Crippen LogP contribution in [0.2, 0.25) is 0 Å². The van der Waals surface area contributed by atoms with E-state index in [0.29, 0.717) is 23.3 Å². The SMILES string of the molecule is CSCCC(NC(=O)c1ccccc1)C(=O)OCC(=O)c1c(C)cc(C)cc1C. The number of carbonyl (C=O) groups excluding carboxylic acids is 3. The van der Waals surface area contributed by atoms with E-state index in [9.17, 15) is 14.4 Å². The van der Waals surface area contributed by atoms with Crippen molar-refractivity contribution in [2.24, 2.45) is 0 Å². The maximum absolute atomic E-state index is 12.6. The van der Waals surface area contributed by atoms with E-state index in [1.807, 2.05) is 45.2 Å². The van der Waals surface area contributed by atoms with E-state index in [0.717, 1.165) is 16.7 Å². The smallest absolute Gasteiger partial charge is 0.329 e. The van der Waals surface area contributed by atoms with Gasteiger partial charge in [0, 0.05) is 11.1 Å². The summed E-state index contributed by atoms with van der Waals surface area (Å²) in [6, 6.07) is 11.8. The molecule has 0 saturated heterocycles. The van der Waals surface area contributed by atoms with Gasteiger partial charge in [0.15, 0.2) is 6.61 Å². The lowest BCUT2D eigenvalue weighted by molar-refractivity contribution is -0.144. The standard InChI is InChI=1S/C23H27NO4S/c1-15-12-16(2)21(17(3)13-15)20(25)14-28-23(27)19(10-11-29-4)24-22(26)18-8-6-5-7-9-18/h5-9,12-13,19H,10-11,14H2,1-4H3,(H,24,26). The Balaban J connectivity index is 2.04. The van der Waals surface area contributed by atoms with Crippen molar-refractivity contribution in [3.05, 3.63) is 70.3 Å². The zero-order chi connectivity index (χ0) is 21.4. The molecule has 0 heterocycles. The largest absolute Gasteiger partial charge is 0.456 e. The van der Waals surface area contributed by atoms with E-state index in [1.54, 1.807) is 36.0 Å². The fourth-order valence-electron chi connectivity index (χ4n) is 3.25. The van der Waals surface area contributed by atoms with Crippen molar-refractivity contribution >= 4 is 29.4 Å². The molecule has 0 aromatic heterocycles. The Morgan fingerprint density at radius 3 is 2.24 bits per heavy atom. The van der Waals surface area contributed by atoms with Gasteiger partial charge in [0.05, 0.1) is 0 Å². The normalized spacial score (nSPS) is 11.6. The summed E-state index contributed by atoms with van der Waals surface area (Å²) < 4.78 is 5.28. The number of ether oxygens (including phenoxy) is 1. The predicted molar refractivity (Wildman–Crippen MR) is 117 cm³/mol. The molecule has 0 bridgehead atoms. The highest BCUT2D eigenvalue weighted by Crippen LogP contribution is 2.17. The highest BCUT2D eigenvalue weighted by atomic mass is 32.2. The Hall–Kier alpha value is -2.60.